The van der Waals surface area contributed by atoms with Crippen molar-refractivity contribution in [2.45, 2.75) is 75.5 Å². The highest BCUT2D eigenvalue weighted by Crippen LogP contribution is 2.55. The molecule has 0 amide bonds. The van der Waals surface area contributed by atoms with Crippen molar-refractivity contribution in [1.82, 2.24) is 0 Å². The molecule has 96 valence electrons. The second kappa shape index (κ2) is 3.69. The zero-order chi connectivity index (χ0) is 11.5. The lowest BCUT2D eigenvalue weighted by atomic mass is 9.67. The van der Waals surface area contributed by atoms with Gasteiger partial charge in [0.15, 0.2) is 5.79 Å². The van der Waals surface area contributed by atoms with Crippen LogP contribution in [-0.2, 0) is 9.47 Å². The molecular formula is C14H22O3. The zero-order valence-corrected chi connectivity index (χ0v) is 10.3. The average Bonchev–Trinajstić information content (AvgIpc) is 2.71. The van der Waals surface area contributed by atoms with Gasteiger partial charge in [0.25, 0.3) is 0 Å². The molecule has 1 spiro atoms. The molecule has 0 aromatic carbocycles. The van der Waals surface area contributed by atoms with Crippen molar-refractivity contribution in [3.05, 3.63) is 0 Å². The van der Waals surface area contributed by atoms with Gasteiger partial charge in [-0.25, -0.2) is 0 Å². The standard InChI is InChI=1S/C14H22O3/c15-11-7-12-13(8-11)17-14(16-12)9-3-1-4-10(14)6-2-5-9/h9-13,15H,1-8H2/t9?,10?,11?,12-,13+,14?. The molecule has 1 heterocycles. The maximum absolute atomic E-state index is 9.66. The van der Waals surface area contributed by atoms with Crippen molar-refractivity contribution in [1.29, 1.82) is 0 Å². The lowest BCUT2D eigenvalue weighted by Gasteiger charge is -2.49. The molecule has 4 aliphatic rings. The number of aliphatic hydroxyl groups is 1. The van der Waals surface area contributed by atoms with E-state index in [9.17, 15) is 5.11 Å². The van der Waals surface area contributed by atoms with Gasteiger partial charge in [-0.15, -0.1) is 0 Å². The first-order chi connectivity index (χ1) is 8.28. The zero-order valence-electron chi connectivity index (χ0n) is 10.3. The van der Waals surface area contributed by atoms with Gasteiger partial charge in [-0.3, -0.25) is 0 Å². The van der Waals surface area contributed by atoms with E-state index in [0.29, 0.717) is 11.8 Å². The molecule has 4 rings (SSSR count). The summed E-state index contributed by atoms with van der Waals surface area (Å²) in [6, 6.07) is 0. The molecule has 0 aromatic heterocycles. The van der Waals surface area contributed by atoms with Gasteiger partial charge >= 0.3 is 0 Å². The Labute approximate surface area is 102 Å². The van der Waals surface area contributed by atoms with Crippen molar-refractivity contribution in [3.8, 4) is 0 Å². The fourth-order valence-electron chi connectivity index (χ4n) is 4.72. The summed E-state index contributed by atoms with van der Waals surface area (Å²) in [4.78, 5) is 0. The minimum Gasteiger partial charge on any atom is -0.393 e. The van der Waals surface area contributed by atoms with Crippen LogP contribution in [-0.4, -0.2) is 29.2 Å². The predicted molar refractivity (Wildman–Crippen MR) is 62.4 cm³/mol. The Morgan fingerprint density at radius 1 is 0.824 bits per heavy atom. The summed E-state index contributed by atoms with van der Waals surface area (Å²) < 4.78 is 12.7. The summed E-state index contributed by atoms with van der Waals surface area (Å²) in [6.07, 6.45) is 9.51. The van der Waals surface area contributed by atoms with Crippen LogP contribution in [0.3, 0.4) is 0 Å². The number of hydrogen-bond donors (Lipinski definition) is 1. The van der Waals surface area contributed by atoms with Crippen LogP contribution in [0.2, 0.25) is 0 Å². The van der Waals surface area contributed by atoms with Crippen molar-refractivity contribution in [2.75, 3.05) is 0 Å². The first kappa shape index (κ1) is 10.8. The Morgan fingerprint density at radius 2 is 1.29 bits per heavy atom. The third-order valence-corrected chi connectivity index (χ3v) is 5.44. The van der Waals surface area contributed by atoms with E-state index in [2.05, 4.69) is 0 Å². The van der Waals surface area contributed by atoms with Gasteiger partial charge in [-0.05, 0) is 25.7 Å². The molecule has 3 saturated carbocycles. The fraction of sp³-hybridized carbons (Fsp3) is 1.00. The van der Waals surface area contributed by atoms with Crippen LogP contribution in [0.25, 0.3) is 0 Å². The minimum atomic E-state index is -0.244. The van der Waals surface area contributed by atoms with E-state index in [0.717, 1.165) is 12.8 Å². The van der Waals surface area contributed by atoms with Crippen molar-refractivity contribution in [3.63, 3.8) is 0 Å². The number of fused-ring (bicyclic) bond motifs is 1. The van der Waals surface area contributed by atoms with E-state index < -0.39 is 0 Å². The Balaban J connectivity index is 1.61. The number of rotatable bonds is 0. The summed E-state index contributed by atoms with van der Waals surface area (Å²) >= 11 is 0. The lowest BCUT2D eigenvalue weighted by molar-refractivity contribution is -0.277. The van der Waals surface area contributed by atoms with Gasteiger partial charge in [0.2, 0.25) is 0 Å². The quantitative estimate of drug-likeness (QED) is 0.703. The Hall–Kier alpha value is -0.120. The molecule has 17 heavy (non-hydrogen) atoms. The SMILES string of the molecule is OC1C[C@@H]2OC3(O[C@@H]2C1)C1CCCC3CCC1. The number of aliphatic hydroxyl groups excluding tert-OH is 1. The average molecular weight is 238 g/mol. The molecule has 3 nitrogen and oxygen atoms in total. The van der Waals surface area contributed by atoms with Gasteiger partial charge in [-0.1, -0.05) is 12.8 Å². The lowest BCUT2D eigenvalue weighted by Crippen LogP contribution is -2.52. The third kappa shape index (κ3) is 1.45. The summed E-state index contributed by atoms with van der Waals surface area (Å²) in [5, 5.41) is 9.66. The van der Waals surface area contributed by atoms with E-state index in [1.165, 1.54) is 38.5 Å². The summed E-state index contributed by atoms with van der Waals surface area (Å²) in [5.74, 6) is 1.00. The highest BCUT2D eigenvalue weighted by atomic mass is 16.8. The monoisotopic (exact) mass is 238 g/mol. The number of ether oxygens (including phenoxy) is 2. The first-order valence-corrected chi connectivity index (χ1v) is 7.31. The van der Waals surface area contributed by atoms with Gasteiger partial charge in [0, 0.05) is 24.7 Å². The van der Waals surface area contributed by atoms with E-state index in [4.69, 9.17) is 9.47 Å². The van der Waals surface area contributed by atoms with E-state index in [-0.39, 0.29) is 24.1 Å². The van der Waals surface area contributed by atoms with Gasteiger partial charge < -0.3 is 14.6 Å². The molecule has 1 aliphatic heterocycles. The highest BCUT2D eigenvalue weighted by Gasteiger charge is 2.60. The molecule has 3 heteroatoms. The highest BCUT2D eigenvalue weighted by molar-refractivity contribution is 5.02. The van der Waals surface area contributed by atoms with Gasteiger partial charge in [0.1, 0.15) is 0 Å². The smallest absolute Gasteiger partial charge is 0.174 e. The fourth-order valence-corrected chi connectivity index (χ4v) is 4.72. The molecule has 3 aliphatic carbocycles. The molecule has 4 fully saturated rings. The summed E-state index contributed by atoms with van der Waals surface area (Å²) in [7, 11) is 0. The second-order valence-electron chi connectivity index (χ2n) is 6.41. The molecule has 3 atom stereocenters. The second-order valence-corrected chi connectivity index (χ2v) is 6.41. The van der Waals surface area contributed by atoms with Crippen molar-refractivity contribution >= 4 is 0 Å². The maximum Gasteiger partial charge on any atom is 0.174 e. The molecule has 1 N–H and O–H groups in total. The molecule has 0 radical (unpaired) electrons. The van der Waals surface area contributed by atoms with Crippen LogP contribution in [0.15, 0.2) is 0 Å². The largest absolute Gasteiger partial charge is 0.393 e. The Kier molecular flexibility index (Phi) is 2.34. The topological polar surface area (TPSA) is 38.7 Å². The van der Waals surface area contributed by atoms with Crippen LogP contribution in [0.5, 0.6) is 0 Å². The van der Waals surface area contributed by atoms with Crippen LogP contribution < -0.4 is 0 Å². The molecule has 1 saturated heterocycles. The van der Waals surface area contributed by atoms with Gasteiger partial charge in [0.05, 0.1) is 18.3 Å². The van der Waals surface area contributed by atoms with Gasteiger partial charge in [-0.2, -0.15) is 0 Å². The summed E-state index contributed by atoms with van der Waals surface area (Å²) in [6.45, 7) is 0. The van der Waals surface area contributed by atoms with Crippen LogP contribution in [0.1, 0.15) is 51.4 Å². The van der Waals surface area contributed by atoms with E-state index in [1.807, 2.05) is 0 Å². The normalized spacial score (nSPS) is 57.4. The van der Waals surface area contributed by atoms with Crippen LogP contribution >= 0.6 is 0 Å². The minimum absolute atomic E-state index is 0.172. The molecule has 2 bridgehead atoms. The summed E-state index contributed by atoms with van der Waals surface area (Å²) in [5.41, 5.74) is 0. The maximum atomic E-state index is 9.66. The molecular weight excluding hydrogens is 216 g/mol. The van der Waals surface area contributed by atoms with E-state index >= 15 is 0 Å². The first-order valence-electron chi connectivity index (χ1n) is 7.31. The van der Waals surface area contributed by atoms with Crippen LogP contribution in [0.4, 0.5) is 0 Å². The van der Waals surface area contributed by atoms with Crippen LogP contribution in [0, 0.1) is 11.8 Å². The van der Waals surface area contributed by atoms with Crippen molar-refractivity contribution < 1.29 is 14.6 Å². The van der Waals surface area contributed by atoms with Crippen molar-refractivity contribution in [2.24, 2.45) is 11.8 Å². The van der Waals surface area contributed by atoms with E-state index in [1.54, 1.807) is 0 Å². The third-order valence-electron chi connectivity index (χ3n) is 5.44. The Bertz CT molecular complexity index is 279. The molecule has 0 aromatic rings. The molecule has 1 unspecified atom stereocenters. The number of hydrogen-bond acceptors (Lipinski definition) is 3. The predicted octanol–water partition coefficient (Wildman–Crippen LogP) is 2.22. The Morgan fingerprint density at radius 3 is 1.76 bits per heavy atom.